The Kier molecular flexibility index (Phi) is 4.40. The Labute approximate surface area is 124 Å². The van der Waals surface area contributed by atoms with E-state index in [1.807, 2.05) is 19.1 Å². The van der Waals surface area contributed by atoms with Crippen molar-refractivity contribution >= 4 is 16.8 Å². The molecule has 112 valence electrons. The lowest BCUT2D eigenvalue weighted by Gasteiger charge is -2.09. The number of nitrogens with one attached hydrogen (secondary N) is 1. The molecule has 1 aromatic carbocycles. The summed E-state index contributed by atoms with van der Waals surface area (Å²) in [5.41, 5.74) is 1.36. The number of nitrogens with zero attached hydrogens (tertiary/aromatic N) is 2. The van der Waals surface area contributed by atoms with E-state index in [4.69, 9.17) is 0 Å². The molecule has 0 saturated heterocycles. The van der Waals surface area contributed by atoms with Gasteiger partial charge < -0.3 is 5.32 Å². The molecule has 2 aromatic rings. The lowest BCUT2D eigenvalue weighted by atomic mass is 10.1. The van der Waals surface area contributed by atoms with Crippen LogP contribution in [0, 0.1) is 12.8 Å². The quantitative estimate of drug-likeness (QED) is 0.935. The second kappa shape index (κ2) is 6.08. The van der Waals surface area contributed by atoms with Gasteiger partial charge in [0.2, 0.25) is 5.43 Å². The van der Waals surface area contributed by atoms with Crippen molar-refractivity contribution in [3.63, 3.8) is 0 Å². The van der Waals surface area contributed by atoms with E-state index in [0.29, 0.717) is 17.8 Å². The molecule has 0 aliphatic rings. The third-order valence-corrected chi connectivity index (χ3v) is 3.43. The van der Waals surface area contributed by atoms with Crippen LogP contribution < -0.4 is 10.7 Å². The predicted molar refractivity (Wildman–Crippen MR) is 83.5 cm³/mol. The second-order valence-corrected chi connectivity index (χ2v) is 5.76. The SMILES string of the molecule is Cc1ccc2c(c1)c(=O)c(C(=O)NCCC(C)C)nn2C. The van der Waals surface area contributed by atoms with Gasteiger partial charge in [0.25, 0.3) is 5.91 Å². The molecule has 0 atom stereocenters. The minimum Gasteiger partial charge on any atom is -0.351 e. The molecule has 1 amide bonds. The first kappa shape index (κ1) is 15.2. The summed E-state index contributed by atoms with van der Waals surface area (Å²) < 4.78 is 1.58. The zero-order valence-corrected chi connectivity index (χ0v) is 12.9. The third-order valence-electron chi connectivity index (χ3n) is 3.43. The number of aromatic nitrogens is 2. The van der Waals surface area contributed by atoms with Crippen molar-refractivity contribution in [2.75, 3.05) is 6.54 Å². The number of fused-ring (bicyclic) bond motifs is 1. The molecular weight excluding hydrogens is 266 g/mol. The van der Waals surface area contributed by atoms with Gasteiger partial charge in [-0.1, -0.05) is 25.5 Å². The summed E-state index contributed by atoms with van der Waals surface area (Å²) in [6.45, 7) is 6.64. The van der Waals surface area contributed by atoms with Gasteiger partial charge in [-0.2, -0.15) is 5.10 Å². The number of aryl methyl sites for hydroxylation is 2. The molecule has 0 aliphatic carbocycles. The van der Waals surface area contributed by atoms with Gasteiger partial charge in [0.05, 0.1) is 10.9 Å². The van der Waals surface area contributed by atoms with Crippen molar-refractivity contribution < 1.29 is 4.79 Å². The Balaban J connectivity index is 2.38. The first-order valence-corrected chi connectivity index (χ1v) is 7.16. The molecular formula is C16H21N3O2. The van der Waals surface area contributed by atoms with Gasteiger partial charge in [-0.3, -0.25) is 14.3 Å². The Morgan fingerprint density at radius 1 is 1.38 bits per heavy atom. The standard InChI is InChI=1S/C16H21N3O2/c1-10(2)7-8-17-16(21)14-15(20)12-9-11(3)5-6-13(12)19(4)18-14/h5-6,9-10H,7-8H2,1-4H3,(H,17,21). The topological polar surface area (TPSA) is 64.0 Å². The molecule has 0 unspecified atom stereocenters. The average molecular weight is 287 g/mol. The van der Waals surface area contributed by atoms with Crippen molar-refractivity contribution in [2.45, 2.75) is 27.2 Å². The summed E-state index contributed by atoms with van der Waals surface area (Å²) in [7, 11) is 1.74. The molecule has 0 saturated carbocycles. The summed E-state index contributed by atoms with van der Waals surface area (Å²) in [5, 5.41) is 7.41. The number of carbonyl (C=O) groups excluding carboxylic acids is 1. The Hall–Kier alpha value is -2.17. The van der Waals surface area contributed by atoms with Crippen LogP contribution in [-0.2, 0) is 7.05 Å². The maximum absolute atomic E-state index is 12.4. The van der Waals surface area contributed by atoms with Crippen LogP contribution in [0.2, 0.25) is 0 Å². The number of rotatable bonds is 4. The molecule has 2 rings (SSSR count). The summed E-state index contributed by atoms with van der Waals surface area (Å²) in [6, 6.07) is 5.57. The first-order chi connectivity index (χ1) is 9.90. The highest BCUT2D eigenvalue weighted by molar-refractivity contribution is 5.95. The smallest absolute Gasteiger partial charge is 0.275 e. The first-order valence-electron chi connectivity index (χ1n) is 7.16. The fourth-order valence-electron chi connectivity index (χ4n) is 2.20. The van der Waals surface area contributed by atoms with Gasteiger partial charge >= 0.3 is 0 Å². The van der Waals surface area contributed by atoms with Gasteiger partial charge in [0, 0.05) is 13.6 Å². The van der Waals surface area contributed by atoms with E-state index >= 15 is 0 Å². The van der Waals surface area contributed by atoms with Crippen molar-refractivity contribution in [1.82, 2.24) is 15.1 Å². The highest BCUT2D eigenvalue weighted by atomic mass is 16.2. The van der Waals surface area contributed by atoms with Gasteiger partial charge in [0.1, 0.15) is 0 Å². The van der Waals surface area contributed by atoms with Gasteiger partial charge in [-0.05, 0) is 31.4 Å². The van der Waals surface area contributed by atoms with Crippen LogP contribution >= 0.6 is 0 Å². The summed E-state index contributed by atoms with van der Waals surface area (Å²) in [4.78, 5) is 24.6. The summed E-state index contributed by atoms with van der Waals surface area (Å²) in [5.74, 6) is 0.0972. The molecule has 0 spiro atoms. The third kappa shape index (κ3) is 3.29. The number of carbonyl (C=O) groups is 1. The Bertz CT molecular complexity index is 732. The lowest BCUT2D eigenvalue weighted by Crippen LogP contribution is -2.32. The van der Waals surface area contributed by atoms with Crippen LogP contribution in [0.1, 0.15) is 36.3 Å². The van der Waals surface area contributed by atoms with Crippen LogP contribution in [0.3, 0.4) is 0 Å². The molecule has 0 aliphatic heterocycles. The number of benzene rings is 1. The van der Waals surface area contributed by atoms with Crippen LogP contribution in [-0.4, -0.2) is 22.2 Å². The summed E-state index contributed by atoms with van der Waals surface area (Å²) in [6.07, 6.45) is 0.874. The number of hydrogen-bond acceptors (Lipinski definition) is 3. The largest absolute Gasteiger partial charge is 0.351 e. The average Bonchev–Trinajstić information content (AvgIpc) is 2.42. The van der Waals surface area contributed by atoms with Crippen molar-refractivity contribution in [3.05, 3.63) is 39.7 Å². The van der Waals surface area contributed by atoms with E-state index in [2.05, 4.69) is 24.3 Å². The maximum atomic E-state index is 12.4. The van der Waals surface area contributed by atoms with Crippen molar-refractivity contribution in [1.29, 1.82) is 0 Å². The molecule has 1 aromatic heterocycles. The van der Waals surface area contributed by atoms with Gasteiger partial charge in [-0.25, -0.2) is 0 Å². The van der Waals surface area contributed by atoms with Crippen LogP contribution in [0.5, 0.6) is 0 Å². The Morgan fingerprint density at radius 2 is 2.10 bits per heavy atom. The van der Waals surface area contributed by atoms with Crippen LogP contribution in [0.4, 0.5) is 0 Å². The lowest BCUT2D eigenvalue weighted by molar-refractivity contribution is 0.0944. The van der Waals surface area contributed by atoms with E-state index in [9.17, 15) is 9.59 Å². The fourth-order valence-corrected chi connectivity index (χ4v) is 2.20. The molecule has 0 radical (unpaired) electrons. The number of hydrogen-bond donors (Lipinski definition) is 1. The van der Waals surface area contributed by atoms with E-state index in [-0.39, 0.29) is 11.1 Å². The predicted octanol–water partition coefficient (Wildman–Crippen LogP) is 2.02. The van der Waals surface area contributed by atoms with E-state index in [1.54, 1.807) is 17.8 Å². The van der Waals surface area contributed by atoms with E-state index in [0.717, 1.165) is 17.5 Å². The van der Waals surface area contributed by atoms with Crippen LogP contribution in [0.25, 0.3) is 10.9 Å². The molecule has 5 nitrogen and oxygen atoms in total. The zero-order valence-electron chi connectivity index (χ0n) is 12.9. The summed E-state index contributed by atoms with van der Waals surface area (Å²) >= 11 is 0. The second-order valence-electron chi connectivity index (χ2n) is 5.76. The molecule has 21 heavy (non-hydrogen) atoms. The van der Waals surface area contributed by atoms with Gasteiger partial charge in [0.15, 0.2) is 5.69 Å². The van der Waals surface area contributed by atoms with Crippen molar-refractivity contribution in [3.8, 4) is 0 Å². The molecule has 0 fully saturated rings. The van der Waals surface area contributed by atoms with Crippen LogP contribution in [0.15, 0.2) is 23.0 Å². The minimum absolute atomic E-state index is 0.0423. The van der Waals surface area contributed by atoms with Gasteiger partial charge in [-0.15, -0.1) is 0 Å². The molecule has 1 N–H and O–H groups in total. The minimum atomic E-state index is -0.403. The maximum Gasteiger partial charge on any atom is 0.275 e. The van der Waals surface area contributed by atoms with E-state index < -0.39 is 5.91 Å². The highest BCUT2D eigenvalue weighted by Crippen LogP contribution is 2.11. The van der Waals surface area contributed by atoms with E-state index in [1.165, 1.54) is 0 Å². The highest BCUT2D eigenvalue weighted by Gasteiger charge is 2.16. The number of amides is 1. The zero-order chi connectivity index (χ0) is 15.6. The fraction of sp³-hybridized carbons (Fsp3) is 0.438. The molecule has 5 heteroatoms. The molecule has 0 bridgehead atoms. The Morgan fingerprint density at radius 3 is 2.76 bits per heavy atom. The normalized spacial score (nSPS) is 11.1. The molecule has 1 heterocycles. The monoisotopic (exact) mass is 287 g/mol. The van der Waals surface area contributed by atoms with Crippen molar-refractivity contribution in [2.24, 2.45) is 13.0 Å².